The van der Waals surface area contributed by atoms with Gasteiger partial charge in [-0.05, 0) is 80.3 Å². The number of benzene rings is 3. The number of nitrogens with zero attached hydrogens (tertiary/aromatic N) is 2. The Hall–Kier alpha value is -6.11. The number of imide groups is 2. The third kappa shape index (κ3) is 9.66. The van der Waals surface area contributed by atoms with Crippen LogP contribution < -0.4 is 30.2 Å². The zero-order valence-electron chi connectivity index (χ0n) is 34.5. The minimum atomic E-state index is -3.69. The lowest BCUT2D eigenvalue weighted by Gasteiger charge is -2.29. The van der Waals surface area contributed by atoms with Gasteiger partial charge in [0.25, 0.3) is 17.7 Å². The summed E-state index contributed by atoms with van der Waals surface area (Å²) >= 11 is 1.44. The van der Waals surface area contributed by atoms with Gasteiger partial charge >= 0.3 is 0 Å². The highest BCUT2D eigenvalue weighted by Gasteiger charge is 2.44. The smallest absolute Gasteiger partial charge is 0.264 e. The molecule has 0 saturated carbocycles. The van der Waals surface area contributed by atoms with Crippen LogP contribution in [0.4, 0.5) is 5.69 Å². The van der Waals surface area contributed by atoms with Crippen LogP contribution in [0.2, 0.25) is 0 Å². The van der Waals surface area contributed by atoms with Crippen LogP contribution in [-0.4, -0.2) is 92.0 Å². The standard InChI is InChI=1S/C44H47N5O11S2/c1-4-59-36-20-27(13-17-35(36)58-2)34(25-62(3,56)57)49-43(54)29-8-7-9-32(40(29)44(49)55)46-38(50)10-5-6-19-45-21-26-11-14-28(15-12-26)60-23-37-30-22-48(42(53)31(30)24-61-37)33-16-18-39(51)47-41(33)52/h7-9,11-15,17,20,24,33-34,45H,4-6,10,16,18-19,21-23,25H2,1-3H3,(H,46,50)(H,47,51,52). The number of hydrogen-bond acceptors (Lipinski definition) is 13. The lowest BCUT2D eigenvalue weighted by Crippen LogP contribution is -2.52. The van der Waals surface area contributed by atoms with Gasteiger partial charge in [0.15, 0.2) is 11.5 Å². The zero-order chi connectivity index (χ0) is 44.1. The van der Waals surface area contributed by atoms with E-state index in [0.717, 1.165) is 27.2 Å². The maximum atomic E-state index is 14.0. The van der Waals surface area contributed by atoms with Crippen LogP contribution in [0.3, 0.4) is 0 Å². The molecule has 0 bridgehead atoms. The zero-order valence-corrected chi connectivity index (χ0v) is 36.1. The summed E-state index contributed by atoms with van der Waals surface area (Å²) in [5.74, 6) is -1.79. The third-order valence-electron chi connectivity index (χ3n) is 10.9. The number of carbonyl (C=O) groups excluding carboxylic acids is 6. The second kappa shape index (κ2) is 18.9. The van der Waals surface area contributed by atoms with Crippen LogP contribution in [-0.2, 0) is 43.9 Å². The number of rotatable bonds is 19. The molecule has 0 radical (unpaired) electrons. The number of piperidine rings is 1. The first kappa shape index (κ1) is 44.0. The fourth-order valence-electron chi connectivity index (χ4n) is 7.82. The summed E-state index contributed by atoms with van der Waals surface area (Å²) in [6.07, 6.45) is 2.96. The largest absolute Gasteiger partial charge is 0.493 e. The van der Waals surface area contributed by atoms with E-state index in [0.29, 0.717) is 73.9 Å². The van der Waals surface area contributed by atoms with Gasteiger partial charge in [0.05, 0.1) is 47.9 Å². The van der Waals surface area contributed by atoms with E-state index in [-0.39, 0.29) is 54.0 Å². The van der Waals surface area contributed by atoms with Crippen molar-refractivity contribution in [2.24, 2.45) is 0 Å². The molecule has 4 aromatic rings. The van der Waals surface area contributed by atoms with Crippen molar-refractivity contribution in [3.05, 3.63) is 104 Å². The number of anilines is 1. The van der Waals surface area contributed by atoms with Crippen LogP contribution >= 0.6 is 11.3 Å². The van der Waals surface area contributed by atoms with E-state index in [2.05, 4.69) is 16.0 Å². The lowest BCUT2D eigenvalue weighted by molar-refractivity contribution is -0.137. The van der Waals surface area contributed by atoms with Gasteiger partial charge in [-0.1, -0.05) is 24.3 Å². The first-order valence-electron chi connectivity index (χ1n) is 20.2. The molecule has 3 aliphatic rings. The van der Waals surface area contributed by atoms with E-state index >= 15 is 0 Å². The van der Waals surface area contributed by atoms with Crippen molar-refractivity contribution in [3.63, 3.8) is 0 Å². The number of ether oxygens (including phenoxy) is 3. The molecule has 3 N–H and O–H groups in total. The maximum Gasteiger partial charge on any atom is 0.264 e. The molecule has 1 saturated heterocycles. The van der Waals surface area contributed by atoms with Crippen LogP contribution in [0.15, 0.2) is 66.0 Å². The summed E-state index contributed by atoms with van der Waals surface area (Å²) in [4.78, 5) is 81.1. The molecule has 1 fully saturated rings. The van der Waals surface area contributed by atoms with Crippen LogP contribution in [0.1, 0.15) is 97.7 Å². The van der Waals surface area contributed by atoms with Crippen molar-refractivity contribution in [1.29, 1.82) is 0 Å². The summed E-state index contributed by atoms with van der Waals surface area (Å²) in [5.41, 5.74) is 3.07. The Bertz CT molecular complexity index is 2520. The summed E-state index contributed by atoms with van der Waals surface area (Å²) in [6, 6.07) is 15.2. The fraction of sp³-hybridized carbons (Fsp3) is 0.364. The molecule has 4 heterocycles. The van der Waals surface area contributed by atoms with Crippen molar-refractivity contribution < 1.29 is 51.4 Å². The molecule has 18 heteroatoms. The Balaban J connectivity index is 0.867. The molecule has 0 aliphatic carbocycles. The average molecular weight is 886 g/mol. The van der Waals surface area contributed by atoms with Gasteiger partial charge in [0, 0.05) is 48.0 Å². The van der Waals surface area contributed by atoms with E-state index in [1.165, 1.54) is 29.4 Å². The van der Waals surface area contributed by atoms with Gasteiger partial charge in [-0.25, -0.2) is 8.42 Å². The number of thiophene rings is 1. The van der Waals surface area contributed by atoms with E-state index in [1.807, 2.05) is 24.3 Å². The Labute approximate surface area is 362 Å². The fourth-order valence-corrected chi connectivity index (χ4v) is 9.69. The van der Waals surface area contributed by atoms with Crippen LogP contribution in [0.25, 0.3) is 0 Å². The molecule has 1 aromatic heterocycles. The Kier molecular flexibility index (Phi) is 13.4. The second-order valence-electron chi connectivity index (χ2n) is 15.2. The number of fused-ring (bicyclic) bond motifs is 2. The number of unbranched alkanes of at least 4 members (excludes halogenated alkanes) is 1. The SMILES string of the molecule is CCOc1cc(C(CS(C)(=O)=O)N2C(=O)c3cccc(NC(=O)CCCCNCc4ccc(OCc5scc6c5CN(C5CCC(=O)NC5=O)C6=O)cc4)c3C2=O)ccc1OC. The van der Waals surface area contributed by atoms with Gasteiger partial charge < -0.3 is 29.7 Å². The molecular weight excluding hydrogens is 839 g/mol. The number of carbonyl (C=O) groups is 6. The summed E-state index contributed by atoms with van der Waals surface area (Å²) in [7, 11) is -2.22. The van der Waals surface area contributed by atoms with Gasteiger partial charge in [-0.15, -0.1) is 11.3 Å². The Morgan fingerprint density at radius 3 is 2.47 bits per heavy atom. The summed E-state index contributed by atoms with van der Waals surface area (Å²) in [6.45, 7) is 3.90. The first-order valence-corrected chi connectivity index (χ1v) is 23.2. The normalized spacial score (nSPS) is 16.6. The van der Waals surface area contributed by atoms with E-state index in [9.17, 15) is 37.2 Å². The van der Waals surface area contributed by atoms with Gasteiger partial charge in [0.2, 0.25) is 17.7 Å². The Morgan fingerprint density at radius 1 is 0.952 bits per heavy atom. The molecule has 3 aliphatic heterocycles. The number of hydrogen-bond donors (Lipinski definition) is 3. The van der Waals surface area contributed by atoms with Crippen LogP contribution in [0.5, 0.6) is 17.2 Å². The van der Waals surface area contributed by atoms with E-state index in [4.69, 9.17) is 14.2 Å². The highest BCUT2D eigenvalue weighted by atomic mass is 32.2. The highest BCUT2D eigenvalue weighted by molar-refractivity contribution is 7.90. The number of methoxy groups -OCH3 is 1. The average Bonchev–Trinajstić information content (AvgIpc) is 3.87. The monoisotopic (exact) mass is 885 g/mol. The van der Waals surface area contributed by atoms with Crippen LogP contribution in [0, 0.1) is 0 Å². The summed E-state index contributed by atoms with van der Waals surface area (Å²) in [5, 5.41) is 10.3. The Morgan fingerprint density at radius 2 is 1.74 bits per heavy atom. The van der Waals surface area contributed by atoms with Crippen molar-refractivity contribution in [1.82, 2.24) is 20.4 Å². The minimum Gasteiger partial charge on any atom is -0.493 e. The van der Waals surface area contributed by atoms with Gasteiger partial charge in [0.1, 0.15) is 28.2 Å². The molecule has 3 aromatic carbocycles. The van der Waals surface area contributed by atoms with Crippen molar-refractivity contribution in [3.8, 4) is 17.2 Å². The predicted molar refractivity (Wildman–Crippen MR) is 229 cm³/mol. The highest BCUT2D eigenvalue weighted by Crippen LogP contribution is 2.39. The minimum absolute atomic E-state index is 0.00543. The number of amides is 6. The van der Waals surface area contributed by atoms with Crippen molar-refractivity contribution in [2.45, 2.75) is 70.8 Å². The first-order chi connectivity index (χ1) is 29.8. The molecule has 0 spiro atoms. The molecular formula is C44H47N5O11S2. The molecule has 16 nitrogen and oxygen atoms in total. The van der Waals surface area contributed by atoms with Crippen molar-refractivity contribution in [2.75, 3.05) is 37.6 Å². The number of sulfone groups is 1. The molecule has 7 rings (SSSR count). The predicted octanol–water partition coefficient (Wildman–Crippen LogP) is 4.78. The van der Waals surface area contributed by atoms with E-state index < -0.39 is 45.4 Å². The second-order valence-corrected chi connectivity index (χ2v) is 18.4. The molecule has 326 valence electrons. The molecule has 62 heavy (non-hydrogen) atoms. The van der Waals surface area contributed by atoms with Gasteiger partial charge in [-0.2, -0.15) is 0 Å². The quantitative estimate of drug-likeness (QED) is 0.0860. The molecule has 6 amide bonds. The lowest BCUT2D eigenvalue weighted by atomic mass is 10.0. The molecule has 2 atom stereocenters. The van der Waals surface area contributed by atoms with Gasteiger partial charge in [-0.3, -0.25) is 39.0 Å². The number of nitrogens with one attached hydrogen (secondary N) is 3. The topological polar surface area (TPSA) is 207 Å². The summed E-state index contributed by atoms with van der Waals surface area (Å²) < 4.78 is 42.3. The van der Waals surface area contributed by atoms with E-state index in [1.54, 1.807) is 42.6 Å². The third-order valence-corrected chi connectivity index (χ3v) is 12.8. The molecule has 2 unspecified atom stereocenters. The maximum absolute atomic E-state index is 14.0. The van der Waals surface area contributed by atoms with Crippen molar-refractivity contribution >= 4 is 62.3 Å².